The lowest BCUT2D eigenvalue weighted by molar-refractivity contribution is -0.0607. The van der Waals surface area contributed by atoms with Gasteiger partial charge in [-0.3, -0.25) is 4.98 Å². The molecule has 3 rings (SSSR count). The standard InChI is InChI=1S/C18H26N2O3/c1-17(2,3)23-16(21)20-12-18(13-20)8-4-14(5-9-18)22-15-6-10-19-11-7-15/h6-7,10-11,14H,4-5,8-9,12-13H2,1-3H3. The number of hydrogen-bond acceptors (Lipinski definition) is 4. The van der Waals surface area contributed by atoms with Gasteiger partial charge in [-0.05, 0) is 58.6 Å². The van der Waals surface area contributed by atoms with Crippen molar-refractivity contribution in [1.29, 1.82) is 0 Å². The molecule has 2 aliphatic rings. The first kappa shape index (κ1) is 16.1. The fourth-order valence-electron chi connectivity index (χ4n) is 3.47. The van der Waals surface area contributed by atoms with E-state index in [9.17, 15) is 4.79 Å². The van der Waals surface area contributed by atoms with Gasteiger partial charge in [0, 0.05) is 30.9 Å². The minimum absolute atomic E-state index is 0.182. The first-order valence-electron chi connectivity index (χ1n) is 8.40. The van der Waals surface area contributed by atoms with E-state index in [1.54, 1.807) is 12.4 Å². The Morgan fingerprint density at radius 1 is 1.22 bits per heavy atom. The molecular weight excluding hydrogens is 292 g/mol. The monoisotopic (exact) mass is 318 g/mol. The first-order chi connectivity index (χ1) is 10.9. The Morgan fingerprint density at radius 3 is 2.39 bits per heavy atom. The molecule has 0 bridgehead atoms. The maximum Gasteiger partial charge on any atom is 0.410 e. The Hall–Kier alpha value is -1.78. The predicted octanol–water partition coefficient (Wildman–Crippen LogP) is 3.64. The van der Waals surface area contributed by atoms with Crippen LogP contribution in [0.25, 0.3) is 0 Å². The molecular formula is C18H26N2O3. The Labute approximate surface area is 138 Å². The van der Waals surface area contributed by atoms with Gasteiger partial charge < -0.3 is 14.4 Å². The lowest BCUT2D eigenvalue weighted by atomic mass is 9.68. The second-order valence-electron chi connectivity index (χ2n) is 7.84. The van der Waals surface area contributed by atoms with Crippen LogP contribution < -0.4 is 4.74 Å². The summed E-state index contributed by atoms with van der Waals surface area (Å²) in [6.07, 6.45) is 7.92. The summed E-state index contributed by atoms with van der Waals surface area (Å²) >= 11 is 0. The number of carbonyl (C=O) groups excluding carboxylic acids is 1. The molecule has 1 saturated heterocycles. The number of likely N-dealkylation sites (tertiary alicyclic amines) is 1. The number of carbonyl (C=O) groups is 1. The zero-order valence-electron chi connectivity index (χ0n) is 14.2. The van der Waals surface area contributed by atoms with Gasteiger partial charge >= 0.3 is 6.09 Å². The molecule has 1 aromatic rings. The normalized spacial score (nSPS) is 20.9. The molecule has 5 heteroatoms. The quantitative estimate of drug-likeness (QED) is 0.835. The van der Waals surface area contributed by atoms with Crippen molar-refractivity contribution in [1.82, 2.24) is 9.88 Å². The zero-order valence-corrected chi connectivity index (χ0v) is 14.2. The summed E-state index contributed by atoms with van der Waals surface area (Å²) < 4.78 is 11.4. The van der Waals surface area contributed by atoms with E-state index in [-0.39, 0.29) is 17.6 Å². The predicted molar refractivity (Wildman–Crippen MR) is 87.4 cm³/mol. The molecule has 1 aliphatic heterocycles. The Bertz CT molecular complexity index is 537. The number of ether oxygens (including phenoxy) is 2. The van der Waals surface area contributed by atoms with Crippen LogP contribution in [0.4, 0.5) is 4.79 Å². The average Bonchev–Trinajstić information content (AvgIpc) is 2.45. The highest BCUT2D eigenvalue weighted by Crippen LogP contribution is 2.44. The molecule has 1 aromatic heterocycles. The van der Waals surface area contributed by atoms with E-state index in [0.29, 0.717) is 0 Å². The van der Waals surface area contributed by atoms with Gasteiger partial charge in [-0.15, -0.1) is 0 Å². The zero-order chi connectivity index (χ0) is 16.5. The number of pyridine rings is 1. The van der Waals surface area contributed by atoms with Crippen molar-refractivity contribution in [3.05, 3.63) is 24.5 Å². The van der Waals surface area contributed by atoms with Gasteiger partial charge in [0.2, 0.25) is 0 Å². The van der Waals surface area contributed by atoms with Gasteiger partial charge in [-0.1, -0.05) is 0 Å². The SMILES string of the molecule is CC(C)(C)OC(=O)N1CC2(CCC(Oc3ccncc3)CC2)C1. The molecule has 23 heavy (non-hydrogen) atoms. The highest BCUT2D eigenvalue weighted by Gasteiger charge is 2.48. The fourth-order valence-corrected chi connectivity index (χ4v) is 3.47. The summed E-state index contributed by atoms with van der Waals surface area (Å²) in [7, 11) is 0. The van der Waals surface area contributed by atoms with Crippen molar-refractivity contribution in [2.24, 2.45) is 5.41 Å². The van der Waals surface area contributed by atoms with E-state index >= 15 is 0 Å². The third-order valence-corrected chi connectivity index (χ3v) is 4.65. The van der Waals surface area contributed by atoms with Crippen LogP contribution in [0.5, 0.6) is 5.75 Å². The number of amides is 1. The Morgan fingerprint density at radius 2 is 1.83 bits per heavy atom. The fraction of sp³-hybridized carbons (Fsp3) is 0.667. The van der Waals surface area contributed by atoms with Gasteiger partial charge in [-0.25, -0.2) is 4.79 Å². The van der Waals surface area contributed by atoms with Crippen molar-refractivity contribution in [3.8, 4) is 5.75 Å². The number of hydrogen-bond donors (Lipinski definition) is 0. The smallest absolute Gasteiger partial charge is 0.410 e. The maximum atomic E-state index is 12.0. The third kappa shape index (κ3) is 3.95. The Kier molecular flexibility index (Phi) is 4.21. The topological polar surface area (TPSA) is 51.7 Å². The lowest BCUT2D eigenvalue weighted by Gasteiger charge is -2.53. The molecule has 126 valence electrons. The summed E-state index contributed by atoms with van der Waals surface area (Å²) in [6, 6.07) is 3.80. The van der Waals surface area contributed by atoms with E-state index in [2.05, 4.69) is 4.98 Å². The van der Waals surface area contributed by atoms with Crippen molar-refractivity contribution >= 4 is 6.09 Å². The number of rotatable bonds is 2. The van der Waals surface area contributed by atoms with E-state index in [4.69, 9.17) is 9.47 Å². The van der Waals surface area contributed by atoms with Crippen molar-refractivity contribution in [3.63, 3.8) is 0 Å². The van der Waals surface area contributed by atoms with Crippen LogP contribution in [0.2, 0.25) is 0 Å². The number of nitrogens with zero attached hydrogens (tertiary/aromatic N) is 2. The third-order valence-electron chi connectivity index (χ3n) is 4.65. The molecule has 1 spiro atoms. The van der Waals surface area contributed by atoms with Crippen molar-refractivity contribution < 1.29 is 14.3 Å². The number of aromatic nitrogens is 1. The largest absolute Gasteiger partial charge is 0.490 e. The van der Waals surface area contributed by atoms with Crippen LogP contribution in [0.15, 0.2) is 24.5 Å². The van der Waals surface area contributed by atoms with Crippen LogP contribution in [0.1, 0.15) is 46.5 Å². The molecule has 0 unspecified atom stereocenters. The van der Waals surface area contributed by atoms with Gasteiger partial charge in [0.25, 0.3) is 0 Å². The van der Waals surface area contributed by atoms with Crippen molar-refractivity contribution in [2.75, 3.05) is 13.1 Å². The van der Waals surface area contributed by atoms with Gasteiger partial charge in [0.1, 0.15) is 11.4 Å². The van der Waals surface area contributed by atoms with Crippen LogP contribution in [-0.2, 0) is 4.74 Å². The van der Waals surface area contributed by atoms with E-state index in [0.717, 1.165) is 44.5 Å². The minimum atomic E-state index is -0.421. The molecule has 0 N–H and O–H groups in total. The highest BCUT2D eigenvalue weighted by molar-refractivity contribution is 5.69. The molecule has 1 amide bonds. The summed E-state index contributed by atoms with van der Waals surface area (Å²) in [5, 5.41) is 0. The van der Waals surface area contributed by atoms with E-state index in [1.807, 2.05) is 37.8 Å². The average molecular weight is 318 g/mol. The second kappa shape index (κ2) is 6.02. The summed E-state index contributed by atoms with van der Waals surface area (Å²) in [4.78, 5) is 17.9. The molecule has 0 aromatic carbocycles. The van der Waals surface area contributed by atoms with Gasteiger partial charge in [0.05, 0.1) is 6.10 Å². The Balaban J connectivity index is 1.44. The van der Waals surface area contributed by atoms with Crippen LogP contribution in [0.3, 0.4) is 0 Å². The maximum absolute atomic E-state index is 12.0. The van der Waals surface area contributed by atoms with Gasteiger partial charge in [-0.2, -0.15) is 0 Å². The van der Waals surface area contributed by atoms with Crippen LogP contribution in [-0.4, -0.2) is 40.8 Å². The summed E-state index contributed by atoms with van der Waals surface area (Å²) in [5.74, 6) is 0.893. The molecule has 0 radical (unpaired) electrons. The highest BCUT2D eigenvalue weighted by atomic mass is 16.6. The van der Waals surface area contributed by atoms with Crippen LogP contribution in [0, 0.1) is 5.41 Å². The molecule has 1 aliphatic carbocycles. The van der Waals surface area contributed by atoms with Gasteiger partial charge in [0.15, 0.2) is 0 Å². The molecule has 5 nitrogen and oxygen atoms in total. The van der Waals surface area contributed by atoms with Crippen LogP contribution >= 0.6 is 0 Å². The minimum Gasteiger partial charge on any atom is -0.490 e. The molecule has 2 fully saturated rings. The molecule has 1 saturated carbocycles. The lowest BCUT2D eigenvalue weighted by Crippen LogP contribution is -2.60. The first-order valence-corrected chi connectivity index (χ1v) is 8.40. The van der Waals surface area contributed by atoms with Crippen molar-refractivity contribution in [2.45, 2.75) is 58.2 Å². The van der Waals surface area contributed by atoms with E-state index < -0.39 is 5.60 Å². The van der Waals surface area contributed by atoms with E-state index in [1.165, 1.54) is 0 Å². The second-order valence-corrected chi connectivity index (χ2v) is 7.84. The summed E-state index contributed by atoms with van der Waals surface area (Å²) in [6.45, 7) is 7.36. The summed E-state index contributed by atoms with van der Waals surface area (Å²) in [5.41, 5.74) is -0.134. The molecule has 0 atom stereocenters. The molecule has 2 heterocycles.